The van der Waals surface area contributed by atoms with Crippen molar-refractivity contribution in [1.82, 2.24) is 10.2 Å². The molecule has 1 N–H and O–H groups in total. The predicted octanol–water partition coefficient (Wildman–Crippen LogP) is 3.11. The number of nitrogens with zero attached hydrogens (tertiary/aromatic N) is 2. The molecule has 1 aromatic carbocycles. The molecule has 1 unspecified atom stereocenters. The van der Waals surface area contributed by atoms with E-state index in [-0.39, 0.29) is 24.0 Å². The van der Waals surface area contributed by atoms with Crippen molar-refractivity contribution in [2.45, 2.75) is 25.2 Å². The number of benzene rings is 1. The van der Waals surface area contributed by atoms with Gasteiger partial charge in [-0.25, -0.2) is 0 Å². The Kier molecular flexibility index (Phi) is 11.9. The van der Waals surface area contributed by atoms with Gasteiger partial charge in [0.25, 0.3) is 0 Å². The van der Waals surface area contributed by atoms with E-state index in [2.05, 4.69) is 45.5 Å². The number of likely N-dealkylation sites (tertiary alicyclic amines) is 1. The number of aliphatic imine (C=N–C) groups is 1. The normalized spacial score (nSPS) is 17.4. The minimum atomic E-state index is 0. The lowest BCUT2D eigenvalue weighted by atomic mass is 9.99. The van der Waals surface area contributed by atoms with Gasteiger partial charge in [-0.05, 0) is 24.8 Å². The molecule has 0 spiro atoms. The Labute approximate surface area is 169 Å². The Morgan fingerprint density at radius 1 is 1.20 bits per heavy atom. The fourth-order valence-electron chi connectivity index (χ4n) is 3.06. The SMILES string of the molecule is CN=C(NCCCCOCCOC)N1CCC(c2ccccc2)C1.I. The third kappa shape index (κ3) is 7.92. The fourth-order valence-corrected chi connectivity index (χ4v) is 3.06. The van der Waals surface area contributed by atoms with Gasteiger partial charge >= 0.3 is 0 Å². The first-order valence-corrected chi connectivity index (χ1v) is 8.92. The van der Waals surface area contributed by atoms with Crippen LogP contribution in [0.4, 0.5) is 0 Å². The van der Waals surface area contributed by atoms with Crippen LogP contribution >= 0.6 is 24.0 Å². The van der Waals surface area contributed by atoms with Crippen molar-refractivity contribution < 1.29 is 9.47 Å². The average molecular weight is 461 g/mol. The second-order valence-corrected chi connectivity index (χ2v) is 6.13. The van der Waals surface area contributed by atoms with Crippen LogP contribution < -0.4 is 5.32 Å². The van der Waals surface area contributed by atoms with E-state index in [1.54, 1.807) is 7.11 Å². The molecule has 25 heavy (non-hydrogen) atoms. The monoisotopic (exact) mass is 461 g/mol. The smallest absolute Gasteiger partial charge is 0.193 e. The highest BCUT2D eigenvalue weighted by atomic mass is 127. The average Bonchev–Trinajstić information content (AvgIpc) is 3.11. The third-order valence-corrected chi connectivity index (χ3v) is 4.40. The molecule has 6 heteroatoms. The molecule has 0 aliphatic carbocycles. The van der Waals surface area contributed by atoms with Crippen LogP contribution in [0.25, 0.3) is 0 Å². The fraction of sp³-hybridized carbons (Fsp3) is 0.632. The van der Waals surface area contributed by atoms with E-state index in [9.17, 15) is 0 Å². The maximum Gasteiger partial charge on any atom is 0.193 e. The van der Waals surface area contributed by atoms with Crippen LogP contribution in [0.15, 0.2) is 35.3 Å². The summed E-state index contributed by atoms with van der Waals surface area (Å²) in [5, 5.41) is 3.48. The van der Waals surface area contributed by atoms with E-state index >= 15 is 0 Å². The molecule has 1 aliphatic heterocycles. The highest BCUT2D eigenvalue weighted by molar-refractivity contribution is 14.0. The molecule has 0 aromatic heterocycles. The third-order valence-electron chi connectivity index (χ3n) is 4.40. The molecule has 1 saturated heterocycles. The largest absolute Gasteiger partial charge is 0.382 e. The summed E-state index contributed by atoms with van der Waals surface area (Å²) in [6.45, 7) is 5.20. The van der Waals surface area contributed by atoms with Crippen LogP contribution in [0, 0.1) is 0 Å². The van der Waals surface area contributed by atoms with Crippen molar-refractivity contribution in [3.8, 4) is 0 Å². The van der Waals surface area contributed by atoms with E-state index < -0.39 is 0 Å². The first kappa shape index (κ1) is 22.2. The lowest BCUT2D eigenvalue weighted by Gasteiger charge is -2.21. The van der Waals surface area contributed by atoms with Gasteiger partial charge in [0.2, 0.25) is 0 Å². The summed E-state index contributed by atoms with van der Waals surface area (Å²) in [6.07, 6.45) is 3.33. The van der Waals surface area contributed by atoms with Crippen LogP contribution in [0.5, 0.6) is 0 Å². The zero-order valence-electron chi connectivity index (χ0n) is 15.4. The topological polar surface area (TPSA) is 46.1 Å². The summed E-state index contributed by atoms with van der Waals surface area (Å²) in [5.74, 6) is 1.63. The zero-order chi connectivity index (χ0) is 17.0. The number of halogens is 1. The molecule has 5 nitrogen and oxygen atoms in total. The van der Waals surface area contributed by atoms with Crippen LogP contribution in [0.2, 0.25) is 0 Å². The van der Waals surface area contributed by atoms with E-state index in [0.717, 1.165) is 45.0 Å². The molecule has 1 atom stereocenters. The van der Waals surface area contributed by atoms with Gasteiger partial charge in [-0.1, -0.05) is 30.3 Å². The molecular weight excluding hydrogens is 429 g/mol. The van der Waals surface area contributed by atoms with Crippen LogP contribution in [0.3, 0.4) is 0 Å². The Balaban J connectivity index is 0.00000312. The first-order chi connectivity index (χ1) is 11.8. The van der Waals surface area contributed by atoms with Gasteiger partial charge in [0.05, 0.1) is 13.2 Å². The number of nitrogens with one attached hydrogen (secondary N) is 1. The van der Waals surface area contributed by atoms with Crippen LogP contribution in [0.1, 0.15) is 30.7 Å². The second kappa shape index (κ2) is 13.4. The number of unbranched alkanes of at least 4 members (excludes halogenated alkanes) is 1. The van der Waals surface area contributed by atoms with E-state index in [4.69, 9.17) is 9.47 Å². The summed E-state index contributed by atoms with van der Waals surface area (Å²) in [4.78, 5) is 6.81. The number of guanidine groups is 1. The molecule has 2 rings (SSSR count). The Bertz CT molecular complexity index is 485. The van der Waals surface area contributed by atoms with Gasteiger partial charge in [0, 0.05) is 46.3 Å². The predicted molar refractivity (Wildman–Crippen MR) is 114 cm³/mol. The molecule has 1 heterocycles. The highest BCUT2D eigenvalue weighted by Crippen LogP contribution is 2.26. The molecule has 142 valence electrons. The minimum absolute atomic E-state index is 0. The molecule has 1 aromatic rings. The number of hydrogen-bond donors (Lipinski definition) is 1. The van der Waals surface area contributed by atoms with Crippen molar-refractivity contribution in [2.24, 2.45) is 4.99 Å². The highest BCUT2D eigenvalue weighted by Gasteiger charge is 2.25. The maximum absolute atomic E-state index is 5.48. The minimum Gasteiger partial charge on any atom is -0.382 e. The lowest BCUT2D eigenvalue weighted by Crippen LogP contribution is -2.40. The van der Waals surface area contributed by atoms with Crippen LogP contribution in [-0.4, -0.2) is 64.5 Å². The molecule has 1 fully saturated rings. The Morgan fingerprint density at radius 3 is 2.72 bits per heavy atom. The van der Waals surface area contributed by atoms with Crippen molar-refractivity contribution in [2.75, 3.05) is 53.6 Å². The Hall–Kier alpha value is -0.860. The molecule has 0 saturated carbocycles. The quantitative estimate of drug-likeness (QED) is 0.266. The van der Waals surface area contributed by atoms with Gasteiger partial charge in [-0.15, -0.1) is 24.0 Å². The van der Waals surface area contributed by atoms with Gasteiger partial charge in [0.15, 0.2) is 5.96 Å². The van der Waals surface area contributed by atoms with Crippen molar-refractivity contribution in [3.05, 3.63) is 35.9 Å². The lowest BCUT2D eigenvalue weighted by molar-refractivity contribution is 0.0689. The van der Waals surface area contributed by atoms with E-state index in [0.29, 0.717) is 19.1 Å². The van der Waals surface area contributed by atoms with Crippen molar-refractivity contribution in [3.63, 3.8) is 0 Å². The summed E-state index contributed by atoms with van der Waals surface area (Å²) in [5.41, 5.74) is 1.43. The number of rotatable bonds is 9. The van der Waals surface area contributed by atoms with Gasteiger partial charge < -0.3 is 19.7 Å². The summed E-state index contributed by atoms with van der Waals surface area (Å²) < 4.78 is 10.4. The van der Waals surface area contributed by atoms with Gasteiger partial charge in [-0.2, -0.15) is 0 Å². The summed E-state index contributed by atoms with van der Waals surface area (Å²) >= 11 is 0. The molecule has 0 bridgehead atoms. The standard InChI is InChI=1S/C19H31N3O2.HI/c1-20-19(21-11-6-7-13-24-15-14-23-2)22-12-10-18(16-22)17-8-4-3-5-9-17;/h3-5,8-9,18H,6-7,10-16H2,1-2H3,(H,20,21);1H. The van der Waals surface area contributed by atoms with Crippen molar-refractivity contribution >= 4 is 29.9 Å². The van der Waals surface area contributed by atoms with Crippen molar-refractivity contribution in [1.29, 1.82) is 0 Å². The molecule has 1 aliphatic rings. The van der Waals surface area contributed by atoms with Gasteiger partial charge in [-0.3, -0.25) is 4.99 Å². The van der Waals surface area contributed by atoms with E-state index in [1.165, 1.54) is 12.0 Å². The number of hydrogen-bond acceptors (Lipinski definition) is 3. The summed E-state index contributed by atoms with van der Waals surface area (Å²) in [6, 6.07) is 10.8. The molecule has 0 radical (unpaired) electrons. The van der Waals surface area contributed by atoms with Gasteiger partial charge in [0.1, 0.15) is 0 Å². The second-order valence-electron chi connectivity index (χ2n) is 6.13. The van der Waals surface area contributed by atoms with Crippen LogP contribution in [-0.2, 0) is 9.47 Å². The van der Waals surface area contributed by atoms with E-state index in [1.807, 2.05) is 7.05 Å². The number of methoxy groups -OCH3 is 1. The first-order valence-electron chi connectivity index (χ1n) is 8.92. The molecule has 0 amide bonds. The zero-order valence-corrected chi connectivity index (χ0v) is 17.8. The Morgan fingerprint density at radius 2 is 2.00 bits per heavy atom. The molecular formula is C19H32IN3O2. The number of ether oxygens (including phenoxy) is 2. The summed E-state index contributed by atoms with van der Waals surface area (Å²) in [7, 11) is 3.56. The maximum atomic E-state index is 5.48.